The van der Waals surface area contributed by atoms with Gasteiger partial charge in [0.1, 0.15) is 0 Å². The van der Waals surface area contributed by atoms with Crippen LogP contribution in [-0.2, 0) is 0 Å². The molecular formula is C30H21N3O8. The van der Waals surface area contributed by atoms with Crippen molar-refractivity contribution in [2.24, 2.45) is 0 Å². The third-order valence-corrected chi connectivity index (χ3v) is 5.76. The number of benzene rings is 4. The van der Waals surface area contributed by atoms with Gasteiger partial charge in [-0.3, -0.25) is 19.7 Å². The second-order valence-electron chi connectivity index (χ2n) is 8.16. The number of phenols is 2. The predicted octanol–water partition coefficient (Wildman–Crippen LogP) is 4.92. The number of carbonyl (C=O) groups is 2. The van der Waals surface area contributed by atoms with Gasteiger partial charge < -0.3 is 19.7 Å². The summed E-state index contributed by atoms with van der Waals surface area (Å²) in [6, 6.07) is 23.1. The first kappa shape index (κ1) is 29.4. The number of ketones is 2. The maximum absolute atomic E-state index is 12.5. The molecule has 0 aromatic heterocycles. The van der Waals surface area contributed by atoms with Crippen molar-refractivity contribution in [3.63, 3.8) is 0 Å². The first-order valence-corrected chi connectivity index (χ1v) is 11.7. The van der Waals surface area contributed by atoms with Gasteiger partial charge in [0, 0.05) is 28.3 Å². The molecule has 0 aliphatic carbocycles. The summed E-state index contributed by atoms with van der Waals surface area (Å²) in [5, 5.41) is 48.2. The summed E-state index contributed by atoms with van der Waals surface area (Å²) < 4.78 is 9.81. The minimum absolute atomic E-state index is 0.0346. The van der Waals surface area contributed by atoms with Crippen LogP contribution >= 0.6 is 0 Å². The van der Waals surface area contributed by atoms with Gasteiger partial charge in [-0.25, -0.2) is 0 Å². The highest BCUT2D eigenvalue weighted by atomic mass is 16.6. The highest BCUT2D eigenvalue weighted by molar-refractivity contribution is 6.11. The molecule has 0 amide bonds. The van der Waals surface area contributed by atoms with Gasteiger partial charge in [-0.2, -0.15) is 10.5 Å². The normalized spacial score (nSPS) is 9.76. The number of nitro groups is 1. The molecule has 0 atom stereocenters. The zero-order valence-electron chi connectivity index (χ0n) is 21.7. The van der Waals surface area contributed by atoms with Crippen molar-refractivity contribution in [2.45, 2.75) is 0 Å². The van der Waals surface area contributed by atoms with Gasteiger partial charge in [-0.05, 0) is 48.5 Å². The Labute approximate surface area is 233 Å². The van der Waals surface area contributed by atoms with Crippen molar-refractivity contribution < 1.29 is 34.2 Å². The molecule has 0 aliphatic rings. The van der Waals surface area contributed by atoms with Gasteiger partial charge in [0.25, 0.3) is 0 Å². The molecule has 0 bridgehead atoms. The Balaban J connectivity index is 0.000000228. The van der Waals surface area contributed by atoms with Crippen molar-refractivity contribution in [2.75, 3.05) is 14.2 Å². The number of nitriles is 2. The highest BCUT2D eigenvalue weighted by Gasteiger charge is 2.24. The number of ether oxygens (including phenoxy) is 2. The van der Waals surface area contributed by atoms with Crippen LogP contribution in [-0.4, -0.2) is 40.9 Å². The van der Waals surface area contributed by atoms with E-state index in [0.717, 1.165) is 6.07 Å². The predicted molar refractivity (Wildman–Crippen MR) is 145 cm³/mol. The molecule has 0 fully saturated rings. The summed E-state index contributed by atoms with van der Waals surface area (Å²) in [5.74, 6) is -1.51. The minimum Gasteiger partial charge on any atom is -0.504 e. The van der Waals surface area contributed by atoms with E-state index >= 15 is 0 Å². The molecular weight excluding hydrogens is 530 g/mol. The van der Waals surface area contributed by atoms with E-state index in [1.54, 1.807) is 36.4 Å². The molecule has 11 nitrogen and oxygen atoms in total. The number of nitro benzene ring substituents is 1. The van der Waals surface area contributed by atoms with Gasteiger partial charge in [0.15, 0.2) is 28.8 Å². The number of nitrogens with zero attached hydrogens (tertiary/aromatic N) is 3. The van der Waals surface area contributed by atoms with Crippen LogP contribution in [0.25, 0.3) is 0 Å². The number of hydrogen-bond acceptors (Lipinski definition) is 10. The monoisotopic (exact) mass is 551 g/mol. The van der Waals surface area contributed by atoms with Gasteiger partial charge in [-0.15, -0.1) is 0 Å². The molecule has 4 aromatic rings. The Morgan fingerprint density at radius 1 is 0.756 bits per heavy atom. The lowest BCUT2D eigenvalue weighted by Crippen LogP contribution is -2.05. The maximum atomic E-state index is 12.5. The van der Waals surface area contributed by atoms with Crippen LogP contribution in [0, 0.1) is 32.8 Å². The summed E-state index contributed by atoms with van der Waals surface area (Å²) in [6.45, 7) is 0. The first-order chi connectivity index (χ1) is 19.7. The fraction of sp³-hybridized carbons (Fsp3) is 0.0667. The SMILES string of the molecule is COc1cc(C(=O)c2ccccc2C#N)cc([N+](=O)[O-])c1O.COc1cc(C(=O)c2ccccc2C#N)ccc1O. The molecule has 11 heteroatoms. The van der Waals surface area contributed by atoms with Crippen LogP contribution in [0.3, 0.4) is 0 Å². The zero-order chi connectivity index (χ0) is 30.1. The summed E-state index contributed by atoms with van der Waals surface area (Å²) in [6.07, 6.45) is 0. The Morgan fingerprint density at radius 3 is 1.73 bits per heavy atom. The van der Waals surface area contributed by atoms with E-state index in [1.165, 1.54) is 50.6 Å². The Morgan fingerprint density at radius 2 is 1.24 bits per heavy atom. The van der Waals surface area contributed by atoms with Gasteiger partial charge in [-0.1, -0.05) is 24.3 Å². The standard InChI is InChI=1S/C15H10N2O5.C15H11NO3/c1-22-13-7-10(6-12(15(13)19)17(20)21)14(18)11-5-3-2-4-9(11)8-16;1-19-14-8-10(6-7-13(14)17)15(18)12-5-3-2-4-11(12)9-16/h2-7,19H,1H3;2-8,17H,1H3. The fourth-order valence-electron chi connectivity index (χ4n) is 3.71. The summed E-state index contributed by atoms with van der Waals surface area (Å²) in [5.41, 5.74) is 0.588. The van der Waals surface area contributed by atoms with Crippen LogP contribution in [0.1, 0.15) is 43.0 Å². The summed E-state index contributed by atoms with van der Waals surface area (Å²) in [4.78, 5) is 34.9. The zero-order valence-corrected chi connectivity index (χ0v) is 21.7. The average molecular weight is 552 g/mol. The lowest BCUT2D eigenvalue weighted by atomic mass is 9.98. The van der Waals surface area contributed by atoms with Crippen molar-refractivity contribution in [1.82, 2.24) is 0 Å². The third kappa shape index (κ3) is 6.45. The van der Waals surface area contributed by atoms with Gasteiger partial charge in [0.2, 0.25) is 5.75 Å². The first-order valence-electron chi connectivity index (χ1n) is 11.7. The lowest BCUT2D eigenvalue weighted by Gasteiger charge is -2.08. The number of hydrogen-bond donors (Lipinski definition) is 2. The number of rotatable bonds is 7. The van der Waals surface area contributed by atoms with E-state index in [2.05, 4.69) is 0 Å². The average Bonchev–Trinajstić information content (AvgIpc) is 3.00. The van der Waals surface area contributed by atoms with Crippen LogP contribution in [0.15, 0.2) is 78.9 Å². The second-order valence-corrected chi connectivity index (χ2v) is 8.16. The van der Waals surface area contributed by atoms with Crippen molar-refractivity contribution in [1.29, 1.82) is 10.5 Å². The second kappa shape index (κ2) is 13.0. The summed E-state index contributed by atoms with van der Waals surface area (Å²) >= 11 is 0. The smallest absolute Gasteiger partial charge is 0.315 e. The van der Waals surface area contributed by atoms with E-state index in [4.69, 9.17) is 20.0 Å². The van der Waals surface area contributed by atoms with E-state index in [9.17, 15) is 29.9 Å². The van der Waals surface area contributed by atoms with Crippen LogP contribution < -0.4 is 9.47 Å². The number of aromatic hydroxyl groups is 2. The van der Waals surface area contributed by atoms with E-state index in [0.29, 0.717) is 16.7 Å². The molecule has 4 aromatic carbocycles. The van der Waals surface area contributed by atoms with Crippen LogP contribution in [0.2, 0.25) is 0 Å². The molecule has 0 saturated carbocycles. The number of methoxy groups -OCH3 is 2. The maximum Gasteiger partial charge on any atom is 0.315 e. The van der Waals surface area contributed by atoms with E-state index in [1.807, 2.05) is 12.1 Å². The molecule has 41 heavy (non-hydrogen) atoms. The van der Waals surface area contributed by atoms with E-state index < -0.39 is 22.1 Å². The van der Waals surface area contributed by atoms with Crippen LogP contribution in [0.4, 0.5) is 5.69 Å². The van der Waals surface area contributed by atoms with E-state index in [-0.39, 0.29) is 39.7 Å². The van der Waals surface area contributed by atoms with Gasteiger partial charge >= 0.3 is 5.69 Å². The molecule has 0 saturated heterocycles. The number of phenolic OH excluding ortho intramolecular Hbond substituents is 2. The summed E-state index contributed by atoms with van der Waals surface area (Å²) in [7, 11) is 2.63. The molecule has 204 valence electrons. The Bertz CT molecular complexity index is 1730. The molecule has 0 radical (unpaired) electrons. The van der Waals surface area contributed by atoms with Crippen molar-refractivity contribution >= 4 is 17.3 Å². The minimum atomic E-state index is -0.815. The molecule has 0 aliphatic heterocycles. The molecule has 0 spiro atoms. The van der Waals surface area contributed by atoms with Crippen molar-refractivity contribution in [3.05, 3.63) is 122 Å². The molecule has 0 unspecified atom stereocenters. The Hall–Kier alpha value is -6.20. The lowest BCUT2D eigenvalue weighted by molar-refractivity contribution is -0.386. The third-order valence-electron chi connectivity index (χ3n) is 5.76. The largest absolute Gasteiger partial charge is 0.504 e. The highest BCUT2D eigenvalue weighted by Crippen LogP contribution is 2.37. The molecule has 4 rings (SSSR count). The molecule has 2 N–H and O–H groups in total. The quantitative estimate of drug-likeness (QED) is 0.182. The van der Waals surface area contributed by atoms with Crippen molar-refractivity contribution in [3.8, 4) is 35.1 Å². The molecule has 0 heterocycles. The number of carbonyl (C=O) groups excluding carboxylic acids is 2. The van der Waals surface area contributed by atoms with Crippen LogP contribution in [0.5, 0.6) is 23.0 Å². The van der Waals surface area contributed by atoms with Gasteiger partial charge in [0.05, 0.1) is 42.4 Å². The Kier molecular flexibility index (Phi) is 9.34. The fourth-order valence-corrected chi connectivity index (χ4v) is 3.71. The topological polar surface area (TPSA) is 184 Å².